The normalized spacial score (nSPS) is 10.6. The summed E-state index contributed by atoms with van der Waals surface area (Å²) in [6.45, 7) is 1.57. The summed E-state index contributed by atoms with van der Waals surface area (Å²) in [5, 5.41) is 19.8. The number of hydrogen-bond acceptors (Lipinski definition) is 5. The Kier molecular flexibility index (Phi) is 4.24. The fraction of sp³-hybridized carbons (Fsp3) is 0.167. The van der Waals surface area contributed by atoms with Crippen LogP contribution in [0.5, 0.6) is 0 Å². The van der Waals surface area contributed by atoms with E-state index in [-0.39, 0.29) is 27.1 Å². The molecular formula is C12H9BrN2O5S. The molecule has 0 aromatic carbocycles. The van der Waals surface area contributed by atoms with Gasteiger partial charge in [0.15, 0.2) is 0 Å². The zero-order valence-corrected chi connectivity index (χ0v) is 13.1. The van der Waals surface area contributed by atoms with Gasteiger partial charge in [-0.15, -0.1) is 11.3 Å². The van der Waals surface area contributed by atoms with Gasteiger partial charge in [0.25, 0.3) is 11.2 Å². The molecule has 0 spiro atoms. The first-order valence-corrected chi connectivity index (χ1v) is 7.28. The van der Waals surface area contributed by atoms with Crippen LogP contribution < -0.4 is 5.56 Å². The zero-order chi connectivity index (χ0) is 15.7. The number of carboxylic acid groups (broad SMARTS) is 1. The first-order chi connectivity index (χ1) is 9.81. The van der Waals surface area contributed by atoms with Gasteiger partial charge in [-0.1, -0.05) is 0 Å². The van der Waals surface area contributed by atoms with Crippen molar-refractivity contribution in [3.8, 4) is 0 Å². The van der Waals surface area contributed by atoms with Crippen molar-refractivity contribution in [3.63, 3.8) is 0 Å². The van der Waals surface area contributed by atoms with Crippen LogP contribution in [0.4, 0.5) is 5.69 Å². The highest BCUT2D eigenvalue weighted by Crippen LogP contribution is 2.23. The maximum atomic E-state index is 12.1. The Labute approximate surface area is 130 Å². The number of carbonyl (C=O) groups is 1. The molecule has 7 nitrogen and oxygen atoms in total. The van der Waals surface area contributed by atoms with Crippen molar-refractivity contribution >= 4 is 38.9 Å². The Bertz CT molecular complexity index is 795. The van der Waals surface area contributed by atoms with Crippen LogP contribution in [-0.4, -0.2) is 20.6 Å². The van der Waals surface area contributed by atoms with Gasteiger partial charge in [-0.3, -0.25) is 14.9 Å². The predicted octanol–water partition coefficient (Wildman–Crippen LogP) is 2.64. The van der Waals surface area contributed by atoms with Crippen LogP contribution in [0.25, 0.3) is 0 Å². The smallest absolute Gasteiger partial charge is 0.345 e. The predicted molar refractivity (Wildman–Crippen MR) is 80.2 cm³/mol. The molecule has 21 heavy (non-hydrogen) atoms. The number of pyridine rings is 1. The number of hydrogen-bond donors (Lipinski definition) is 1. The molecule has 1 N–H and O–H groups in total. The second-order valence-electron chi connectivity index (χ2n) is 4.21. The van der Waals surface area contributed by atoms with Crippen LogP contribution in [0.1, 0.15) is 20.1 Å². The molecule has 2 aromatic rings. The van der Waals surface area contributed by atoms with Crippen molar-refractivity contribution in [1.82, 2.24) is 4.57 Å². The minimum absolute atomic E-state index is 0.0799. The van der Waals surface area contributed by atoms with E-state index in [1.165, 1.54) is 23.8 Å². The summed E-state index contributed by atoms with van der Waals surface area (Å²) >= 11 is 4.09. The molecule has 2 heterocycles. The number of carboxylic acids is 1. The maximum Gasteiger partial charge on any atom is 0.345 e. The van der Waals surface area contributed by atoms with Gasteiger partial charge in [0.2, 0.25) is 0 Å². The molecule has 0 aliphatic heterocycles. The molecule has 9 heteroatoms. The van der Waals surface area contributed by atoms with Crippen LogP contribution in [0.15, 0.2) is 27.6 Å². The summed E-state index contributed by atoms with van der Waals surface area (Å²) in [5.41, 5.74) is -0.307. The van der Waals surface area contributed by atoms with Gasteiger partial charge in [0.05, 0.1) is 22.1 Å². The number of halogens is 1. The second kappa shape index (κ2) is 5.78. The van der Waals surface area contributed by atoms with Crippen LogP contribution in [-0.2, 0) is 6.54 Å². The number of thiophene rings is 1. The third-order valence-electron chi connectivity index (χ3n) is 2.84. The fourth-order valence-corrected chi connectivity index (χ4v) is 3.03. The third kappa shape index (κ3) is 3.03. The molecule has 0 amide bonds. The average molecular weight is 373 g/mol. The number of aromatic nitrogens is 1. The van der Waals surface area contributed by atoms with Gasteiger partial charge >= 0.3 is 5.97 Å². The topological polar surface area (TPSA) is 102 Å². The van der Waals surface area contributed by atoms with Crippen molar-refractivity contribution in [2.24, 2.45) is 0 Å². The van der Waals surface area contributed by atoms with E-state index in [4.69, 9.17) is 5.11 Å². The van der Waals surface area contributed by atoms with Crippen molar-refractivity contribution in [3.05, 3.63) is 58.6 Å². The second-order valence-corrected chi connectivity index (χ2v) is 6.18. The van der Waals surface area contributed by atoms with Crippen LogP contribution in [0, 0.1) is 17.0 Å². The molecule has 2 aromatic heterocycles. The largest absolute Gasteiger partial charge is 0.477 e. The standard InChI is InChI=1S/C12H9BrN2O5S/c1-6-8(15(19)20)5-14(11(16)10(6)13)4-7-2-3-9(21-7)12(17)18/h2-3,5H,4H2,1H3,(H,17,18). The lowest BCUT2D eigenvalue weighted by molar-refractivity contribution is -0.386. The average Bonchev–Trinajstić information content (AvgIpc) is 2.88. The van der Waals surface area contributed by atoms with Crippen LogP contribution in [0.3, 0.4) is 0 Å². The molecule has 0 saturated heterocycles. The highest BCUT2D eigenvalue weighted by atomic mass is 79.9. The Morgan fingerprint density at radius 1 is 1.52 bits per heavy atom. The first kappa shape index (κ1) is 15.4. The van der Waals surface area contributed by atoms with Gasteiger partial charge in [-0.2, -0.15) is 0 Å². The summed E-state index contributed by atoms with van der Waals surface area (Å²) < 4.78 is 1.32. The molecule has 0 saturated carbocycles. The molecule has 0 unspecified atom stereocenters. The molecular weight excluding hydrogens is 364 g/mol. The Morgan fingerprint density at radius 3 is 2.71 bits per heavy atom. The lowest BCUT2D eigenvalue weighted by Gasteiger charge is -2.07. The highest BCUT2D eigenvalue weighted by Gasteiger charge is 2.19. The summed E-state index contributed by atoms with van der Waals surface area (Å²) in [4.78, 5) is 34.1. The van der Waals surface area contributed by atoms with Crippen molar-refractivity contribution in [1.29, 1.82) is 0 Å². The van der Waals surface area contributed by atoms with Gasteiger partial charge in [0.1, 0.15) is 4.88 Å². The molecule has 0 radical (unpaired) electrons. The van der Waals surface area contributed by atoms with E-state index in [0.717, 1.165) is 11.3 Å². The molecule has 0 aliphatic carbocycles. The Hall–Kier alpha value is -2.00. The van der Waals surface area contributed by atoms with E-state index in [0.29, 0.717) is 4.88 Å². The lowest BCUT2D eigenvalue weighted by Crippen LogP contribution is -2.22. The van der Waals surface area contributed by atoms with E-state index >= 15 is 0 Å². The third-order valence-corrected chi connectivity index (χ3v) is 4.83. The number of nitrogens with zero attached hydrogens (tertiary/aromatic N) is 2. The van der Waals surface area contributed by atoms with E-state index in [1.807, 2.05) is 0 Å². The van der Waals surface area contributed by atoms with Crippen LogP contribution >= 0.6 is 27.3 Å². The molecule has 2 rings (SSSR count). The molecule has 110 valence electrons. The fourth-order valence-electron chi connectivity index (χ4n) is 1.75. The molecule has 0 fully saturated rings. The number of rotatable bonds is 4. The first-order valence-electron chi connectivity index (χ1n) is 5.67. The van der Waals surface area contributed by atoms with Gasteiger partial charge in [0, 0.05) is 10.4 Å². The minimum atomic E-state index is -1.05. The monoisotopic (exact) mass is 372 g/mol. The van der Waals surface area contributed by atoms with Gasteiger partial charge < -0.3 is 9.67 Å². The number of nitro groups is 1. The van der Waals surface area contributed by atoms with E-state index in [1.54, 1.807) is 6.07 Å². The Balaban J connectivity index is 2.46. The van der Waals surface area contributed by atoms with E-state index in [2.05, 4.69) is 15.9 Å². The maximum absolute atomic E-state index is 12.1. The van der Waals surface area contributed by atoms with E-state index < -0.39 is 16.5 Å². The summed E-state index contributed by atoms with van der Waals surface area (Å²) in [5.74, 6) is -1.05. The Morgan fingerprint density at radius 2 is 2.19 bits per heavy atom. The lowest BCUT2D eigenvalue weighted by atomic mass is 10.2. The van der Waals surface area contributed by atoms with Crippen molar-refractivity contribution < 1.29 is 14.8 Å². The minimum Gasteiger partial charge on any atom is -0.477 e. The molecule has 0 atom stereocenters. The van der Waals surface area contributed by atoms with Crippen molar-refractivity contribution in [2.75, 3.05) is 0 Å². The summed E-state index contributed by atoms with van der Waals surface area (Å²) in [6, 6.07) is 3.02. The highest BCUT2D eigenvalue weighted by molar-refractivity contribution is 9.10. The summed E-state index contributed by atoms with van der Waals surface area (Å²) in [7, 11) is 0. The van der Waals surface area contributed by atoms with Crippen LogP contribution in [0.2, 0.25) is 0 Å². The molecule has 0 aliphatic rings. The SMILES string of the molecule is Cc1c([N+](=O)[O-])cn(Cc2ccc(C(=O)O)s2)c(=O)c1Br. The number of aromatic carboxylic acids is 1. The quantitative estimate of drug-likeness (QED) is 0.656. The van der Waals surface area contributed by atoms with E-state index in [9.17, 15) is 19.7 Å². The molecule has 0 bridgehead atoms. The van der Waals surface area contributed by atoms with Crippen molar-refractivity contribution in [2.45, 2.75) is 13.5 Å². The van der Waals surface area contributed by atoms with Gasteiger partial charge in [-0.25, -0.2) is 4.79 Å². The zero-order valence-electron chi connectivity index (χ0n) is 10.7. The summed E-state index contributed by atoms with van der Waals surface area (Å²) in [6.07, 6.45) is 1.17. The van der Waals surface area contributed by atoms with Gasteiger partial charge in [-0.05, 0) is 35.0 Å².